The molecule has 0 heterocycles. The summed E-state index contributed by atoms with van der Waals surface area (Å²) in [6, 6.07) is 0. The van der Waals surface area contributed by atoms with Gasteiger partial charge in [-0.2, -0.15) is 0 Å². The monoisotopic (exact) mass is 434 g/mol. The number of carboxylic acid groups (broad SMARTS) is 1. The van der Waals surface area contributed by atoms with Crippen LogP contribution in [0.2, 0.25) is 0 Å². The van der Waals surface area contributed by atoms with Crippen LogP contribution in [-0.4, -0.2) is 34.4 Å². The highest BCUT2D eigenvalue weighted by Crippen LogP contribution is 2.68. The molecule has 2 N–H and O–H groups in total. The number of aliphatic hydroxyl groups is 1. The summed E-state index contributed by atoms with van der Waals surface area (Å²) in [7, 11) is 0. The SMILES string of the molecule is CC(=O)O[C@@H]1CC[C@]2(C)C3CC(O)[C@]4(C)[C@@H]([C@H](C)CCC(=O)O)CC[C@H]4[C@@H]3CC[C@@H]2C1. The Morgan fingerprint density at radius 3 is 2.48 bits per heavy atom. The van der Waals surface area contributed by atoms with Crippen LogP contribution >= 0.6 is 0 Å². The van der Waals surface area contributed by atoms with Crippen molar-refractivity contribution >= 4 is 11.9 Å². The predicted molar refractivity (Wildman–Crippen MR) is 118 cm³/mol. The molecule has 0 aromatic heterocycles. The minimum absolute atomic E-state index is 0.0665. The smallest absolute Gasteiger partial charge is 0.303 e. The summed E-state index contributed by atoms with van der Waals surface area (Å²) >= 11 is 0. The fraction of sp³-hybridized carbons (Fsp3) is 0.923. The first-order valence-electron chi connectivity index (χ1n) is 12.6. The van der Waals surface area contributed by atoms with Crippen LogP contribution < -0.4 is 0 Å². The lowest BCUT2D eigenvalue weighted by Crippen LogP contribution is -2.59. The Morgan fingerprint density at radius 2 is 1.81 bits per heavy atom. The molecule has 4 saturated carbocycles. The first-order valence-corrected chi connectivity index (χ1v) is 12.6. The summed E-state index contributed by atoms with van der Waals surface area (Å²) in [5.41, 5.74) is 0.145. The summed E-state index contributed by atoms with van der Waals surface area (Å²) in [5.74, 6) is 2.20. The minimum atomic E-state index is -0.716. The number of carboxylic acids is 1. The number of ether oxygens (including phenoxy) is 1. The first-order chi connectivity index (χ1) is 14.6. The number of carbonyl (C=O) groups is 2. The average molecular weight is 435 g/mol. The van der Waals surface area contributed by atoms with E-state index in [0.717, 1.165) is 32.1 Å². The van der Waals surface area contributed by atoms with Crippen molar-refractivity contribution < 1.29 is 24.5 Å². The Kier molecular flexibility index (Phi) is 6.22. The van der Waals surface area contributed by atoms with Gasteiger partial charge in [0, 0.05) is 13.3 Å². The highest BCUT2D eigenvalue weighted by molar-refractivity contribution is 5.66. The zero-order chi connectivity index (χ0) is 22.6. The lowest BCUT2D eigenvalue weighted by molar-refractivity contribution is -0.181. The molecule has 0 amide bonds. The average Bonchev–Trinajstić information content (AvgIpc) is 3.06. The fourth-order valence-electron chi connectivity index (χ4n) is 9.04. The van der Waals surface area contributed by atoms with E-state index in [9.17, 15) is 14.7 Å². The van der Waals surface area contributed by atoms with Crippen molar-refractivity contribution in [3.63, 3.8) is 0 Å². The van der Waals surface area contributed by atoms with Crippen LogP contribution in [0.15, 0.2) is 0 Å². The summed E-state index contributed by atoms with van der Waals surface area (Å²) in [6.07, 6.45) is 9.32. The normalized spacial score (nSPS) is 47.6. The number of esters is 1. The first kappa shape index (κ1) is 23.1. The molecule has 4 aliphatic carbocycles. The zero-order valence-electron chi connectivity index (χ0n) is 19.8. The van der Waals surface area contributed by atoms with Crippen molar-refractivity contribution in [3.8, 4) is 0 Å². The van der Waals surface area contributed by atoms with Gasteiger partial charge < -0.3 is 14.9 Å². The Morgan fingerprint density at radius 1 is 1.06 bits per heavy atom. The molecule has 5 nitrogen and oxygen atoms in total. The fourth-order valence-corrected chi connectivity index (χ4v) is 9.04. The van der Waals surface area contributed by atoms with Crippen LogP contribution in [0.25, 0.3) is 0 Å². The molecule has 0 aromatic carbocycles. The van der Waals surface area contributed by atoms with Gasteiger partial charge >= 0.3 is 11.9 Å². The molecule has 4 fully saturated rings. The second-order valence-electron chi connectivity index (χ2n) is 11.9. The van der Waals surface area contributed by atoms with Crippen molar-refractivity contribution in [1.82, 2.24) is 0 Å². The third kappa shape index (κ3) is 3.83. The molecular formula is C26H42O5. The number of hydrogen-bond donors (Lipinski definition) is 2. The van der Waals surface area contributed by atoms with E-state index in [-0.39, 0.29) is 35.4 Å². The van der Waals surface area contributed by atoms with Crippen LogP contribution in [0.5, 0.6) is 0 Å². The van der Waals surface area contributed by atoms with E-state index in [2.05, 4.69) is 20.8 Å². The van der Waals surface area contributed by atoms with Crippen molar-refractivity contribution in [1.29, 1.82) is 0 Å². The van der Waals surface area contributed by atoms with Gasteiger partial charge in [-0.25, -0.2) is 0 Å². The summed E-state index contributed by atoms with van der Waals surface area (Å²) in [6.45, 7) is 8.49. The lowest BCUT2D eigenvalue weighted by Gasteiger charge is -2.62. The van der Waals surface area contributed by atoms with Crippen LogP contribution in [0.3, 0.4) is 0 Å². The molecule has 0 spiro atoms. The molecule has 31 heavy (non-hydrogen) atoms. The van der Waals surface area contributed by atoms with Crippen LogP contribution in [0.1, 0.15) is 91.9 Å². The molecule has 4 aliphatic rings. The standard InChI is InChI=1S/C26H42O5/c1-15(5-10-24(29)30)20-8-9-21-19-7-6-17-13-18(31-16(2)27)11-12-25(17,3)22(19)14-23(28)26(20,21)4/h15,17-23,28H,5-14H2,1-4H3,(H,29,30)/t15-,17-,18-,19+,20-,21+,22?,23?,25+,26-/m1/s1. The minimum Gasteiger partial charge on any atom is -0.481 e. The van der Waals surface area contributed by atoms with E-state index in [1.807, 2.05) is 0 Å². The maximum Gasteiger partial charge on any atom is 0.303 e. The number of carbonyl (C=O) groups excluding carboxylic acids is 1. The van der Waals surface area contributed by atoms with E-state index in [4.69, 9.17) is 9.84 Å². The van der Waals surface area contributed by atoms with Gasteiger partial charge in [0.15, 0.2) is 0 Å². The molecule has 5 heteroatoms. The van der Waals surface area contributed by atoms with Crippen molar-refractivity contribution in [2.45, 2.75) is 104 Å². The van der Waals surface area contributed by atoms with Gasteiger partial charge in [-0.05, 0) is 104 Å². The molecule has 0 radical (unpaired) electrons. The van der Waals surface area contributed by atoms with Gasteiger partial charge in [-0.1, -0.05) is 20.8 Å². The zero-order valence-corrected chi connectivity index (χ0v) is 19.8. The summed E-state index contributed by atoms with van der Waals surface area (Å²) in [4.78, 5) is 22.6. The quantitative estimate of drug-likeness (QED) is 0.592. The Labute approximate surface area is 187 Å². The second kappa shape index (κ2) is 8.35. The largest absolute Gasteiger partial charge is 0.481 e. The second-order valence-corrected chi connectivity index (χ2v) is 11.9. The van der Waals surface area contributed by atoms with E-state index in [1.54, 1.807) is 0 Å². The van der Waals surface area contributed by atoms with Crippen molar-refractivity contribution in [2.75, 3.05) is 0 Å². The maximum atomic E-state index is 11.6. The number of rotatable bonds is 5. The van der Waals surface area contributed by atoms with Crippen molar-refractivity contribution in [2.24, 2.45) is 46.3 Å². The van der Waals surface area contributed by atoms with Gasteiger partial charge in [0.2, 0.25) is 0 Å². The summed E-state index contributed by atoms with van der Waals surface area (Å²) < 4.78 is 5.58. The Bertz CT molecular complexity index is 706. The number of fused-ring (bicyclic) bond motifs is 5. The topological polar surface area (TPSA) is 83.8 Å². The van der Waals surface area contributed by atoms with Gasteiger partial charge in [0.25, 0.3) is 0 Å². The highest BCUT2D eigenvalue weighted by Gasteiger charge is 2.63. The summed E-state index contributed by atoms with van der Waals surface area (Å²) in [5, 5.41) is 20.7. The molecule has 10 atom stereocenters. The van der Waals surface area contributed by atoms with Crippen LogP contribution in [0.4, 0.5) is 0 Å². The third-order valence-corrected chi connectivity index (χ3v) is 10.6. The maximum absolute atomic E-state index is 11.6. The number of aliphatic hydroxyl groups excluding tert-OH is 1. The van der Waals surface area contributed by atoms with Crippen LogP contribution in [0, 0.1) is 46.3 Å². The third-order valence-electron chi connectivity index (χ3n) is 10.6. The lowest BCUT2D eigenvalue weighted by atomic mass is 9.43. The van der Waals surface area contributed by atoms with Gasteiger partial charge in [0.05, 0.1) is 6.10 Å². The van der Waals surface area contributed by atoms with E-state index < -0.39 is 5.97 Å². The highest BCUT2D eigenvalue weighted by atomic mass is 16.5. The molecule has 2 unspecified atom stereocenters. The van der Waals surface area contributed by atoms with Crippen LogP contribution in [-0.2, 0) is 14.3 Å². The molecular weight excluding hydrogens is 392 g/mol. The predicted octanol–water partition coefficient (Wildman–Crippen LogP) is 5.05. The molecule has 0 aromatic rings. The van der Waals surface area contributed by atoms with E-state index in [0.29, 0.717) is 41.9 Å². The molecule has 0 saturated heterocycles. The number of aliphatic carboxylic acids is 1. The van der Waals surface area contributed by atoms with Crippen molar-refractivity contribution in [3.05, 3.63) is 0 Å². The Hall–Kier alpha value is -1.10. The Balaban J connectivity index is 1.52. The van der Waals surface area contributed by atoms with E-state index >= 15 is 0 Å². The molecule has 0 bridgehead atoms. The van der Waals surface area contributed by atoms with Gasteiger partial charge in [0.1, 0.15) is 6.10 Å². The molecule has 0 aliphatic heterocycles. The van der Waals surface area contributed by atoms with E-state index in [1.165, 1.54) is 26.2 Å². The van der Waals surface area contributed by atoms with Gasteiger partial charge in [-0.15, -0.1) is 0 Å². The number of hydrogen-bond acceptors (Lipinski definition) is 4. The van der Waals surface area contributed by atoms with Gasteiger partial charge in [-0.3, -0.25) is 9.59 Å². The molecule has 176 valence electrons. The molecule has 4 rings (SSSR count).